The predicted octanol–water partition coefficient (Wildman–Crippen LogP) is 2.38. The lowest BCUT2D eigenvalue weighted by Crippen LogP contribution is -2.37. The molecular formula is C12H16F3N3. The topological polar surface area (TPSA) is 42.1 Å². The van der Waals surface area contributed by atoms with Gasteiger partial charge < -0.3 is 10.6 Å². The zero-order valence-corrected chi connectivity index (χ0v) is 10.2. The van der Waals surface area contributed by atoms with Crippen LogP contribution in [0.15, 0.2) is 12.1 Å². The number of hydrogen-bond donors (Lipinski definition) is 1. The van der Waals surface area contributed by atoms with Crippen molar-refractivity contribution in [3.63, 3.8) is 0 Å². The number of anilines is 1. The van der Waals surface area contributed by atoms with Gasteiger partial charge in [-0.15, -0.1) is 0 Å². The minimum absolute atomic E-state index is 0.0498. The van der Waals surface area contributed by atoms with Gasteiger partial charge in [-0.25, -0.2) is 4.98 Å². The highest BCUT2D eigenvalue weighted by Gasteiger charge is 2.39. The summed E-state index contributed by atoms with van der Waals surface area (Å²) in [6.07, 6.45) is -2.65. The van der Waals surface area contributed by atoms with Crippen molar-refractivity contribution in [2.24, 2.45) is 5.73 Å². The summed E-state index contributed by atoms with van der Waals surface area (Å²) in [5.41, 5.74) is 6.94. The highest BCUT2D eigenvalue weighted by atomic mass is 19.4. The third-order valence-electron chi connectivity index (χ3n) is 2.92. The van der Waals surface area contributed by atoms with Crippen molar-refractivity contribution in [3.8, 4) is 0 Å². The molecule has 0 aromatic carbocycles. The van der Waals surface area contributed by atoms with Gasteiger partial charge in [0.05, 0.1) is 0 Å². The summed E-state index contributed by atoms with van der Waals surface area (Å²) in [5, 5.41) is 0. The lowest BCUT2D eigenvalue weighted by molar-refractivity contribution is -0.120. The summed E-state index contributed by atoms with van der Waals surface area (Å²) in [5.74, 6) is 0.386. The number of nitrogens with zero attached hydrogens (tertiary/aromatic N) is 2. The van der Waals surface area contributed by atoms with Crippen LogP contribution in [-0.4, -0.2) is 23.7 Å². The third kappa shape index (κ3) is 3.13. The van der Waals surface area contributed by atoms with E-state index in [4.69, 9.17) is 5.73 Å². The Bertz CT molecular complexity index is 427. The number of pyridine rings is 1. The number of nitrogens with two attached hydrogens (primary N) is 1. The summed E-state index contributed by atoms with van der Waals surface area (Å²) < 4.78 is 37.8. The first kappa shape index (κ1) is 13.1. The lowest BCUT2D eigenvalue weighted by Gasteiger charge is -2.27. The van der Waals surface area contributed by atoms with Crippen LogP contribution in [0.3, 0.4) is 0 Å². The van der Waals surface area contributed by atoms with Crippen LogP contribution in [0.5, 0.6) is 0 Å². The van der Waals surface area contributed by atoms with Crippen molar-refractivity contribution in [1.82, 2.24) is 4.98 Å². The molecule has 100 valence electrons. The molecule has 0 unspecified atom stereocenters. The largest absolute Gasteiger partial charge is 0.405 e. The van der Waals surface area contributed by atoms with Gasteiger partial charge in [-0.1, -0.05) is 6.07 Å². The monoisotopic (exact) mass is 259 g/mol. The zero-order valence-electron chi connectivity index (χ0n) is 10.2. The van der Waals surface area contributed by atoms with Crippen molar-refractivity contribution in [3.05, 3.63) is 23.4 Å². The van der Waals surface area contributed by atoms with Crippen LogP contribution in [0.2, 0.25) is 0 Å². The molecule has 1 saturated carbocycles. The molecule has 0 atom stereocenters. The molecule has 0 amide bonds. The Morgan fingerprint density at radius 2 is 2.06 bits per heavy atom. The minimum Gasteiger partial charge on any atom is -0.344 e. The molecule has 1 aromatic heterocycles. The molecule has 0 radical (unpaired) electrons. The summed E-state index contributed by atoms with van der Waals surface area (Å²) in [7, 11) is 0. The van der Waals surface area contributed by atoms with Gasteiger partial charge >= 0.3 is 6.18 Å². The highest BCUT2D eigenvalue weighted by molar-refractivity contribution is 5.50. The Kier molecular flexibility index (Phi) is 3.47. The first-order valence-electron chi connectivity index (χ1n) is 5.90. The molecule has 0 aliphatic heterocycles. The number of aryl methyl sites for hydroxylation is 1. The van der Waals surface area contributed by atoms with E-state index in [1.165, 1.54) is 4.90 Å². The Labute approximate surface area is 104 Å². The first-order chi connectivity index (χ1) is 8.40. The SMILES string of the molecule is Cc1ccc(CN)c(N(CC(F)(F)F)C2CC2)n1. The van der Waals surface area contributed by atoms with Gasteiger partial charge in [0.1, 0.15) is 12.4 Å². The normalized spacial score (nSPS) is 15.8. The summed E-state index contributed by atoms with van der Waals surface area (Å²) in [6, 6.07) is 3.47. The van der Waals surface area contributed by atoms with Crippen LogP contribution in [0.1, 0.15) is 24.1 Å². The summed E-state index contributed by atoms with van der Waals surface area (Å²) in [6.45, 7) is 1.01. The van der Waals surface area contributed by atoms with Gasteiger partial charge in [0.25, 0.3) is 0 Å². The van der Waals surface area contributed by atoms with Crippen molar-refractivity contribution in [2.45, 2.75) is 38.5 Å². The molecule has 1 aromatic rings. The second kappa shape index (κ2) is 4.76. The molecule has 6 heteroatoms. The van der Waals surface area contributed by atoms with Crippen molar-refractivity contribution >= 4 is 5.82 Å². The number of aromatic nitrogens is 1. The Hall–Kier alpha value is -1.30. The van der Waals surface area contributed by atoms with Crippen LogP contribution in [0.4, 0.5) is 19.0 Å². The van der Waals surface area contributed by atoms with E-state index in [9.17, 15) is 13.2 Å². The van der Waals surface area contributed by atoms with E-state index in [0.717, 1.165) is 12.8 Å². The van der Waals surface area contributed by atoms with Crippen LogP contribution < -0.4 is 10.6 Å². The van der Waals surface area contributed by atoms with E-state index >= 15 is 0 Å². The lowest BCUT2D eigenvalue weighted by atomic mass is 10.2. The predicted molar refractivity (Wildman–Crippen MR) is 63.3 cm³/mol. The maximum absolute atomic E-state index is 12.6. The van der Waals surface area contributed by atoms with E-state index in [-0.39, 0.29) is 12.6 Å². The van der Waals surface area contributed by atoms with Gasteiger partial charge in [0.2, 0.25) is 0 Å². The summed E-state index contributed by atoms with van der Waals surface area (Å²) in [4.78, 5) is 5.58. The molecule has 1 heterocycles. The van der Waals surface area contributed by atoms with E-state index in [1.54, 1.807) is 19.1 Å². The van der Waals surface area contributed by atoms with E-state index in [2.05, 4.69) is 4.98 Å². The van der Waals surface area contributed by atoms with Gasteiger partial charge in [0, 0.05) is 23.8 Å². The van der Waals surface area contributed by atoms with Gasteiger partial charge in [-0.3, -0.25) is 0 Å². The molecule has 0 spiro atoms. The Morgan fingerprint density at radius 3 is 2.56 bits per heavy atom. The molecule has 2 N–H and O–H groups in total. The zero-order chi connectivity index (χ0) is 13.3. The molecule has 0 bridgehead atoms. The molecule has 0 saturated heterocycles. The number of hydrogen-bond acceptors (Lipinski definition) is 3. The minimum atomic E-state index is -4.22. The van der Waals surface area contributed by atoms with Crippen molar-refractivity contribution < 1.29 is 13.2 Å². The molecular weight excluding hydrogens is 243 g/mol. The van der Waals surface area contributed by atoms with E-state index in [0.29, 0.717) is 17.1 Å². The molecule has 1 fully saturated rings. The molecule has 2 rings (SSSR count). The Balaban J connectivity index is 2.32. The summed E-state index contributed by atoms with van der Waals surface area (Å²) >= 11 is 0. The average Bonchev–Trinajstić information content (AvgIpc) is 3.08. The third-order valence-corrected chi connectivity index (χ3v) is 2.92. The molecule has 1 aliphatic rings. The quantitative estimate of drug-likeness (QED) is 0.902. The number of rotatable bonds is 4. The van der Waals surface area contributed by atoms with Gasteiger partial charge in [-0.2, -0.15) is 13.2 Å². The maximum atomic E-state index is 12.6. The van der Waals surface area contributed by atoms with Crippen LogP contribution in [0, 0.1) is 6.92 Å². The van der Waals surface area contributed by atoms with Crippen LogP contribution in [-0.2, 0) is 6.54 Å². The molecule has 3 nitrogen and oxygen atoms in total. The van der Waals surface area contributed by atoms with E-state index in [1.807, 2.05) is 0 Å². The van der Waals surface area contributed by atoms with Crippen LogP contribution in [0.25, 0.3) is 0 Å². The fourth-order valence-corrected chi connectivity index (χ4v) is 1.94. The fraction of sp³-hybridized carbons (Fsp3) is 0.583. The standard InChI is InChI=1S/C12H16F3N3/c1-8-2-3-9(6-16)11(17-8)18(10-4-5-10)7-12(13,14)15/h2-3,10H,4-7,16H2,1H3. The highest BCUT2D eigenvalue weighted by Crippen LogP contribution is 2.35. The number of halogens is 3. The smallest absolute Gasteiger partial charge is 0.344 e. The van der Waals surface area contributed by atoms with Crippen molar-refractivity contribution in [1.29, 1.82) is 0 Å². The first-order valence-corrected chi connectivity index (χ1v) is 5.90. The Morgan fingerprint density at radius 1 is 1.39 bits per heavy atom. The maximum Gasteiger partial charge on any atom is 0.405 e. The van der Waals surface area contributed by atoms with Gasteiger partial charge in [0.15, 0.2) is 0 Å². The number of alkyl halides is 3. The van der Waals surface area contributed by atoms with Crippen LogP contribution >= 0.6 is 0 Å². The van der Waals surface area contributed by atoms with Gasteiger partial charge in [-0.05, 0) is 25.8 Å². The second-order valence-electron chi connectivity index (χ2n) is 4.61. The average molecular weight is 259 g/mol. The second-order valence-corrected chi connectivity index (χ2v) is 4.61. The van der Waals surface area contributed by atoms with Crippen molar-refractivity contribution in [2.75, 3.05) is 11.4 Å². The fourth-order valence-electron chi connectivity index (χ4n) is 1.94. The molecule has 1 aliphatic carbocycles. The molecule has 18 heavy (non-hydrogen) atoms. The van der Waals surface area contributed by atoms with E-state index < -0.39 is 12.7 Å².